The van der Waals surface area contributed by atoms with Gasteiger partial charge in [0.2, 0.25) is 0 Å². The van der Waals surface area contributed by atoms with Gasteiger partial charge in [-0.15, -0.1) is 0 Å². The number of benzene rings is 1. The molecule has 0 unspecified atom stereocenters. The number of hydrogen-bond donors (Lipinski definition) is 3. The monoisotopic (exact) mass is 261 g/mol. The Morgan fingerprint density at radius 3 is 3.26 bits per heavy atom. The van der Waals surface area contributed by atoms with Crippen LogP contribution in [0.4, 0.5) is 0 Å². The molecule has 0 aliphatic heterocycles. The molecule has 2 aromatic rings. The van der Waals surface area contributed by atoms with Crippen molar-refractivity contribution in [3.8, 4) is 0 Å². The van der Waals surface area contributed by atoms with Crippen LogP contribution >= 0.6 is 0 Å². The second-order valence-corrected chi connectivity index (χ2v) is 4.15. The number of nitrogens with two attached hydrogens (primary N) is 1. The van der Waals surface area contributed by atoms with Crippen molar-refractivity contribution in [2.24, 2.45) is 10.7 Å². The first-order chi connectivity index (χ1) is 9.33. The van der Waals surface area contributed by atoms with Gasteiger partial charge in [0.1, 0.15) is 5.84 Å². The fourth-order valence-corrected chi connectivity index (χ4v) is 1.83. The number of aliphatic imine (C=N–C) groups is 1. The number of imidazole rings is 1. The minimum Gasteiger partial charge on any atom is -0.385 e. The highest BCUT2D eigenvalue weighted by molar-refractivity contribution is 6.06. The Bertz CT molecular complexity index is 549. The lowest BCUT2D eigenvalue weighted by atomic mass is 10.1. The smallest absolute Gasteiger partial charge is 0.129 e. The number of aromatic amines is 1. The number of nitrogens with zero attached hydrogens (tertiary/aromatic N) is 2. The van der Waals surface area contributed by atoms with Crippen molar-refractivity contribution in [3.05, 3.63) is 30.1 Å². The topological polar surface area (TPSA) is 88.3 Å². The number of ether oxygens (including phenoxy) is 1. The van der Waals surface area contributed by atoms with Crippen LogP contribution in [-0.2, 0) is 4.74 Å². The standard InChI is InChI=1S/C13H19N5O/c1-19-7-3-6-15-8-18-13(14)10-4-2-5-11-12(10)17-9-16-11/h2,4-5,9,15H,3,6-8H2,1H3,(H2,14,18)(H,16,17). The van der Waals surface area contributed by atoms with Gasteiger partial charge in [0, 0.05) is 19.3 Å². The van der Waals surface area contributed by atoms with Gasteiger partial charge in [0.15, 0.2) is 0 Å². The number of methoxy groups -OCH3 is 1. The summed E-state index contributed by atoms with van der Waals surface area (Å²) in [6.45, 7) is 2.11. The molecule has 1 aromatic carbocycles. The van der Waals surface area contributed by atoms with Crippen LogP contribution in [0.15, 0.2) is 29.5 Å². The summed E-state index contributed by atoms with van der Waals surface area (Å²) in [4.78, 5) is 11.6. The van der Waals surface area contributed by atoms with Gasteiger partial charge in [-0.2, -0.15) is 0 Å². The molecule has 0 bridgehead atoms. The summed E-state index contributed by atoms with van der Waals surface area (Å²) in [6, 6.07) is 5.79. The van der Waals surface area contributed by atoms with Crippen molar-refractivity contribution in [1.82, 2.24) is 15.3 Å². The number of para-hydroxylation sites is 1. The summed E-state index contributed by atoms with van der Waals surface area (Å²) < 4.78 is 4.97. The second-order valence-electron chi connectivity index (χ2n) is 4.15. The third-order valence-electron chi connectivity index (χ3n) is 2.79. The van der Waals surface area contributed by atoms with Gasteiger partial charge in [-0.1, -0.05) is 6.07 Å². The molecule has 102 valence electrons. The molecule has 0 aliphatic rings. The molecule has 0 spiro atoms. The number of nitrogens with one attached hydrogen (secondary N) is 2. The van der Waals surface area contributed by atoms with Gasteiger partial charge in [-0.3, -0.25) is 10.3 Å². The Balaban J connectivity index is 1.95. The molecule has 6 heteroatoms. The van der Waals surface area contributed by atoms with E-state index < -0.39 is 0 Å². The van der Waals surface area contributed by atoms with Crippen molar-refractivity contribution in [3.63, 3.8) is 0 Å². The maximum atomic E-state index is 6.00. The molecule has 0 amide bonds. The number of H-pyrrole nitrogens is 1. The van der Waals surface area contributed by atoms with Crippen LogP contribution in [0.25, 0.3) is 11.0 Å². The van der Waals surface area contributed by atoms with E-state index in [0.29, 0.717) is 12.5 Å². The number of rotatable bonds is 7. The summed E-state index contributed by atoms with van der Waals surface area (Å²) in [6.07, 6.45) is 2.62. The fourth-order valence-electron chi connectivity index (χ4n) is 1.83. The molecule has 6 nitrogen and oxygen atoms in total. The predicted molar refractivity (Wildman–Crippen MR) is 76.2 cm³/mol. The van der Waals surface area contributed by atoms with Crippen LogP contribution in [0, 0.1) is 0 Å². The predicted octanol–water partition coefficient (Wildman–Crippen LogP) is 0.852. The van der Waals surface area contributed by atoms with Gasteiger partial charge in [0.05, 0.1) is 24.0 Å². The zero-order valence-electron chi connectivity index (χ0n) is 11.0. The Hall–Kier alpha value is -1.92. The summed E-state index contributed by atoms with van der Waals surface area (Å²) in [5, 5.41) is 3.19. The molecule has 0 fully saturated rings. The van der Waals surface area contributed by atoms with E-state index in [1.807, 2.05) is 18.2 Å². The second kappa shape index (κ2) is 6.86. The van der Waals surface area contributed by atoms with E-state index in [0.717, 1.165) is 36.2 Å². The van der Waals surface area contributed by atoms with E-state index in [2.05, 4.69) is 20.3 Å². The maximum absolute atomic E-state index is 6.00. The van der Waals surface area contributed by atoms with E-state index in [4.69, 9.17) is 10.5 Å². The third kappa shape index (κ3) is 3.52. The molecule has 4 N–H and O–H groups in total. The minimum atomic E-state index is 0.500. The minimum absolute atomic E-state index is 0.500. The summed E-state index contributed by atoms with van der Waals surface area (Å²) in [5.74, 6) is 0.508. The van der Waals surface area contributed by atoms with Crippen LogP contribution in [-0.4, -0.2) is 42.7 Å². The Kier molecular flexibility index (Phi) is 4.88. The highest BCUT2D eigenvalue weighted by atomic mass is 16.5. The molecule has 2 rings (SSSR count). The average molecular weight is 261 g/mol. The maximum Gasteiger partial charge on any atom is 0.129 e. The van der Waals surface area contributed by atoms with E-state index in [1.165, 1.54) is 0 Å². The zero-order valence-corrected chi connectivity index (χ0v) is 11.0. The largest absolute Gasteiger partial charge is 0.385 e. The lowest BCUT2D eigenvalue weighted by Crippen LogP contribution is -2.21. The van der Waals surface area contributed by atoms with Crippen LogP contribution < -0.4 is 11.1 Å². The highest BCUT2D eigenvalue weighted by Gasteiger charge is 2.05. The van der Waals surface area contributed by atoms with Gasteiger partial charge >= 0.3 is 0 Å². The number of hydrogen-bond acceptors (Lipinski definition) is 4. The molecular weight excluding hydrogens is 242 g/mol. The van der Waals surface area contributed by atoms with Crippen molar-refractivity contribution >= 4 is 16.9 Å². The first-order valence-corrected chi connectivity index (χ1v) is 6.25. The van der Waals surface area contributed by atoms with Crippen LogP contribution in [0.2, 0.25) is 0 Å². The molecule has 1 heterocycles. The van der Waals surface area contributed by atoms with Crippen LogP contribution in [0.3, 0.4) is 0 Å². The lowest BCUT2D eigenvalue weighted by molar-refractivity contribution is 0.194. The molecule has 0 saturated carbocycles. The van der Waals surface area contributed by atoms with Crippen LogP contribution in [0.1, 0.15) is 12.0 Å². The van der Waals surface area contributed by atoms with Gasteiger partial charge < -0.3 is 15.5 Å². The average Bonchev–Trinajstić information content (AvgIpc) is 2.90. The summed E-state index contributed by atoms with van der Waals surface area (Å²) >= 11 is 0. The lowest BCUT2D eigenvalue weighted by Gasteiger charge is -2.04. The molecule has 1 aromatic heterocycles. The first-order valence-electron chi connectivity index (χ1n) is 6.25. The number of aromatic nitrogens is 2. The Morgan fingerprint density at radius 1 is 1.53 bits per heavy atom. The van der Waals surface area contributed by atoms with E-state index >= 15 is 0 Å². The van der Waals surface area contributed by atoms with Crippen LogP contribution in [0.5, 0.6) is 0 Å². The SMILES string of the molecule is COCCCNCN=C(N)c1cccc2nc[nH]c12. The van der Waals surface area contributed by atoms with Gasteiger partial charge in [-0.05, 0) is 25.1 Å². The van der Waals surface area contributed by atoms with Gasteiger partial charge in [-0.25, -0.2) is 4.98 Å². The number of amidine groups is 1. The quantitative estimate of drug-likeness (QED) is 0.392. The van der Waals surface area contributed by atoms with E-state index in [9.17, 15) is 0 Å². The van der Waals surface area contributed by atoms with Crippen molar-refractivity contribution in [2.75, 3.05) is 26.9 Å². The van der Waals surface area contributed by atoms with Crippen molar-refractivity contribution in [1.29, 1.82) is 0 Å². The Labute approximate surface area is 112 Å². The molecule has 19 heavy (non-hydrogen) atoms. The highest BCUT2D eigenvalue weighted by Crippen LogP contribution is 2.13. The number of fused-ring (bicyclic) bond motifs is 1. The first kappa shape index (κ1) is 13.5. The molecule has 0 saturated heterocycles. The van der Waals surface area contributed by atoms with E-state index in [1.54, 1.807) is 13.4 Å². The third-order valence-corrected chi connectivity index (χ3v) is 2.79. The fraction of sp³-hybridized carbons (Fsp3) is 0.385. The normalized spacial score (nSPS) is 12.2. The van der Waals surface area contributed by atoms with Crippen molar-refractivity contribution < 1.29 is 4.74 Å². The van der Waals surface area contributed by atoms with Gasteiger partial charge in [0.25, 0.3) is 0 Å². The molecule has 0 radical (unpaired) electrons. The van der Waals surface area contributed by atoms with E-state index in [-0.39, 0.29) is 0 Å². The van der Waals surface area contributed by atoms with Crippen molar-refractivity contribution in [2.45, 2.75) is 6.42 Å². The Morgan fingerprint density at radius 2 is 2.42 bits per heavy atom. The molecule has 0 atom stereocenters. The molecule has 0 aliphatic carbocycles. The molecular formula is C13H19N5O. The zero-order chi connectivity index (χ0) is 13.5. The summed E-state index contributed by atoms with van der Waals surface area (Å²) in [5.41, 5.74) is 8.69. The summed E-state index contributed by atoms with van der Waals surface area (Å²) in [7, 11) is 1.70.